The van der Waals surface area contributed by atoms with Crippen LogP contribution in [0.4, 0.5) is 0 Å². The average molecular weight is 432 g/mol. The van der Waals surface area contributed by atoms with Crippen LogP contribution >= 0.6 is 0 Å². The van der Waals surface area contributed by atoms with Crippen LogP contribution in [-0.4, -0.2) is 37.9 Å². The number of hydrogen-bond donors (Lipinski definition) is 3. The van der Waals surface area contributed by atoms with Crippen LogP contribution in [0.5, 0.6) is 0 Å². The highest BCUT2D eigenvalue weighted by atomic mass is 15.4. The van der Waals surface area contributed by atoms with Crippen molar-refractivity contribution in [2.45, 2.75) is 59.4 Å². The zero-order valence-electron chi connectivity index (χ0n) is 19.8. The average Bonchev–Trinajstić information content (AvgIpc) is 3.25. The van der Waals surface area contributed by atoms with Crippen LogP contribution in [0.1, 0.15) is 62.1 Å². The number of aryl methyl sites for hydroxylation is 2. The molecule has 0 amide bonds. The zero-order valence-corrected chi connectivity index (χ0v) is 19.8. The summed E-state index contributed by atoms with van der Waals surface area (Å²) in [5.41, 5.74) is 6.58. The number of hydrogen-bond acceptors (Lipinski definition) is 6. The quantitative estimate of drug-likeness (QED) is 0.530. The first-order chi connectivity index (χ1) is 15.2. The first kappa shape index (κ1) is 22.2. The fourth-order valence-electron chi connectivity index (χ4n) is 3.90. The first-order valence-electron chi connectivity index (χ1n) is 11.1. The molecule has 0 radical (unpaired) electrons. The SMILES string of the molecule is Cc1ccc(C2=C(c3ccncc3)NC(NC(C)(C)CNC(C)C)n3cnnc32)cc1C. The van der Waals surface area contributed by atoms with Crippen LogP contribution in [0.25, 0.3) is 11.3 Å². The number of pyridine rings is 1. The maximum atomic E-state index is 4.54. The van der Waals surface area contributed by atoms with E-state index in [1.54, 1.807) is 6.33 Å². The molecule has 7 nitrogen and oxygen atoms in total. The highest BCUT2D eigenvalue weighted by Crippen LogP contribution is 2.35. The minimum Gasteiger partial charge on any atom is -0.351 e. The van der Waals surface area contributed by atoms with Crippen molar-refractivity contribution in [1.29, 1.82) is 0 Å². The molecule has 1 aliphatic rings. The second-order valence-corrected chi connectivity index (χ2v) is 9.46. The van der Waals surface area contributed by atoms with Gasteiger partial charge in [-0.3, -0.25) is 14.9 Å². The Hall–Kier alpha value is -3.03. The Balaban J connectivity index is 1.80. The van der Waals surface area contributed by atoms with Gasteiger partial charge in [-0.25, -0.2) is 0 Å². The number of nitrogens with one attached hydrogen (secondary N) is 3. The molecule has 0 aliphatic carbocycles. The van der Waals surface area contributed by atoms with Gasteiger partial charge in [0.25, 0.3) is 0 Å². The van der Waals surface area contributed by atoms with Gasteiger partial charge in [-0.05, 0) is 56.5 Å². The van der Waals surface area contributed by atoms with Crippen molar-refractivity contribution < 1.29 is 0 Å². The molecule has 0 saturated heterocycles. The van der Waals surface area contributed by atoms with Crippen molar-refractivity contribution in [1.82, 2.24) is 35.7 Å². The molecule has 2 aromatic heterocycles. The van der Waals surface area contributed by atoms with Crippen LogP contribution in [0.3, 0.4) is 0 Å². The third-order valence-corrected chi connectivity index (χ3v) is 5.85. The summed E-state index contributed by atoms with van der Waals surface area (Å²) in [5.74, 6) is 0.837. The molecule has 3 N–H and O–H groups in total. The van der Waals surface area contributed by atoms with Gasteiger partial charge in [0, 0.05) is 36.1 Å². The normalized spacial score (nSPS) is 16.3. The molecule has 7 heteroatoms. The topological polar surface area (TPSA) is 79.7 Å². The van der Waals surface area contributed by atoms with E-state index in [0.717, 1.165) is 34.8 Å². The van der Waals surface area contributed by atoms with Gasteiger partial charge in [0.2, 0.25) is 0 Å². The predicted molar refractivity (Wildman–Crippen MR) is 129 cm³/mol. The summed E-state index contributed by atoms with van der Waals surface area (Å²) in [4.78, 5) is 4.21. The smallest absolute Gasteiger partial charge is 0.169 e. The number of benzene rings is 1. The van der Waals surface area contributed by atoms with Crippen molar-refractivity contribution in [3.63, 3.8) is 0 Å². The molecule has 3 aromatic rings. The van der Waals surface area contributed by atoms with E-state index in [-0.39, 0.29) is 11.8 Å². The lowest BCUT2D eigenvalue weighted by Gasteiger charge is -2.38. The second kappa shape index (κ2) is 8.84. The Labute approximate surface area is 190 Å². The first-order valence-corrected chi connectivity index (χ1v) is 11.1. The van der Waals surface area contributed by atoms with Crippen molar-refractivity contribution >= 4 is 11.3 Å². The summed E-state index contributed by atoms with van der Waals surface area (Å²) < 4.78 is 2.08. The molecule has 32 heavy (non-hydrogen) atoms. The fraction of sp³-hybridized carbons (Fsp3) is 0.400. The van der Waals surface area contributed by atoms with E-state index in [4.69, 9.17) is 0 Å². The Kier molecular flexibility index (Phi) is 6.13. The van der Waals surface area contributed by atoms with Crippen molar-refractivity contribution in [3.8, 4) is 0 Å². The largest absolute Gasteiger partial charge is 0.351 e. The van der Waals surface area contributed by atoms with Crippen LogP contribution in [0.2, 0.25) is 0 Å². The van der Waals surface area contributed by atoms with E-state index in [2.05, 4.69) is 95.4 Å². The van der Waals surface area contributed by atoms with Gasteiger partial charge in [0.05, 0.1) is 11.3 Å². The molecule has 1 atom stereocenters. The second-order valence-electron chi connectivity index (χ2n) is 9.46. The van der Waals surface area contributed by atoms with Gasteiger partial charge in [0.15, 0.2) is 12.1 Å². The minimum absolute atomic E-state index is 0.162. The van der Waals surface area contributed by atoms with Gasteiger partial charge in [-0.2, -0.15) is 0 Å². The minimum atomic E-state index is -0.192. The Morgan fingerprint density at radius 3 is 2.50 bits per heavy atom. The lowest BCUT2D eigenvalue weighted by molar-refractivity contribution is 0.245. The lowest BCUT2D eigenvalue weighted by Crippen LogP contribution is -2.55. The number of nitrogens with zero attached hydrogens (tertiary/aromatic N) is 4. The van der Waals surface area contributed by atoms with E-state index in [0.29, 0.717) is 6.04 Å². The van der Waals surface area contributed by atoms with Crippen LogP contribution in [-0.2, 0) is 0 Å². The molecule has 0 spiro atoms. The van der Waals surface area contributed by atoms with E-state index >= 15 is 0 Å². The molecular formula is C25H33N7. The predicted octanol–water partition coefficient (Wildman–Crippen LogP) is 3.63. The van der Waals surface area contributed by atoms with Gasteiger partial charge in [-0.1, -0.05) is 32.0 Å². The molecule has 0 fully saturated rings. The molecule has 0 saturated carbocycles. The monoisotopic (exact) mass is 431 g/mol. The number of rotatable bonds is 7. The van der Waals surface area contributed by atoms with Crippen LogP contribution in [0.15, 0.2) is 49.1 Å². The van der Waals surface area contributed by atoms with Gasteiger partial charge >= 0.3 is 0 Å². The summed E-state index contributed by atoms with van der Waals surface area (Å²) in [6.45, 7) is 13.8. The van der Waals surface area contributed by atoms with E-state index in [9.17, 15) is 0 Å². The Morgan fingerprint density at radius 2 is 1.81 bits per heavy atom. The molecule has 1 aliphatic heterocycles. The number of aromatic nitrogens is 4. The summed E-state index contributed by atoms with van der Waals surface area (Å²) in [6.07, 6.45) is 5.24. The zero-order chi connectivity index (χ0) is 22.9. The van der Waals surface area contributed by atoms with Crippen molar-refractivity contribution in [2.75, 3.05) is 6.54 Å². The maximum Gasteiger partial charge on any atom is 0.169 e. The molecule has 1 unspecified atom stereocenters. The molecule has 168 valence electrons. The van der Waals surface area contributed by atoms with Crippen LogP contribution < -0.4 is 16.0 Å². The summed E-state index contributed by atoms with van der Waals surface area (Å²) >= 11 is 0. The van der Waals surface area contributed by atoms with Gasteiger partial charge < -0.3 is 10.6 Å². The summed E-state index contributed by atoms with van der Waals surface area (Å²) in [5, 5.41) is 19.8. The van der Waals surface area contributed by atoms with E-state index in [1.165, 1.54) is 11.1 Å². The molecule has 4 rings (SSSR count). The van der Waals surface area contributed by atoms with Gasteiger partial charge in [0.1, 0.15) is 6.33 Å². The standard InChI is InChI=1S/C25H33N7/c1-16(2)27-14-25(5,6)30-24-29-22(19-9-11-26-12-10-19)21(23-31-28-15-32(23)24)20-8-7-17(3)18(4)13-20/h7-13,15-16,24,27,29-30H,14H2,1-6H3. The third kappa shape index (κ3) is 4.59. The highest BCUT2D eigenvalue weighted by Gasteiger charge is 2.32. The van der Waals surface area contributed by atoms with Crippen LogP contribution in [0, 0.1) is 13.8 Å². The lowest BCUT2D eigenvalue weighted by atomic mass is 9.95. The summed E-state index contributed by atoms with van der Waals surface area (Å²) in [6, 6.07) is 11.0. The van der Waals surface area contributed by atoms with Gasteiger partial charge in [-0.15, -0.1) is 10.2 Å². The number of fused-ring (bicyclic) bond motifs is 1. The van der Waals surface area contributed by atoms with E-state index in [1.807, 2.05) is 24.5 Å². The Bertz CT molecular complexity index is 1110. The van der Waals surface area contributed by atoms with Crippen molar-refractivity contribution in [2.24, 2.45) is 0 Å². The molecule has 1 aromatic carbocycles. The molecular weight excluding hydrogens is 398 g/mol. The third-order valence-electron chi connectivity index (χ3n) is 5.85. The highest BCUT2D eigenvalue weighted by molar-refractivity contribution is 5.97. The Morgan fingerprint density at radius 1 is 1.06 bits per heavy atom. The summed E-state index contributed by atoms with van der Waals surface area (Å²) in [7, 11) is 0. The maximum absolute atomic E-state index is 4.54. The van der Waals surface area contributed by atoms with Crippen molar-refractivity contribution in [3.05, 3.63) is 77.1 Å². The molecule has 3 heterocycles. The van der Waals surface area contributed by atoms with E-state index < -0.39 is 0 Å². The molecule has 0 bridgehead atoms. The fourth-order valence-corrected chi connectivity index (χ4v) is 3.90.